The molecule has 0 aliphatic heterocycles. The second kappa shape index (κ2) is 8.11. The Morgan fingerprint density at radius 1 is 1.25 bits per heavy atom. The van der Waals surface area contributed by atoms with E-state index in [-0.39, 0.29) is 5.60 Å². The van der Waals surface area contributed by atoms with Crippen LogP contribution in [0.25, 0.3) is 0 Å². The molecule has 1 N–H and O–H groups in total. The average molecular weight is 296 g/mol. The first-order chi connectivity index (χ1) is 9.80. The van der Waals surface area contributed by atoms with Gasteiger partial charge >= 0.3 is 0 Å². The van der Waals surface area contributed by atoms with Gasteiger partial charge in [-0.15, -0.1) is 11.3 Å². The number of hydrogen-bond acceptors (Lipinski definition) is 4. The number of ether oxygens (including phenoxy) is 1. The standard InChI is InChI=1S/C16H28N2OS/c1-3-11-17-12-14-13-18-15(20-14)16(19-4-2)9-7-5-6-8-10-16/h13,17H,3-12H2,1-2H3. The fourth-order valence-corrected chi connectivity index (χ4v) is 4.07. The molecule has 20 heavy (non-hydrogen) atoms. The molecule has 1 saturated carbocycles. The largest absolute Gasteiger partial charge is 0.368 e. The minimum Gasteiger partial charge on any atom is -0.368 e. The van der Waals surface area contributed by atoms with E-state index in [0.29, 0.717) is 0 Å². The molecule has 1 aliphatic carbocycles. The lowest BCUT2D eigenvalue weighted by Gasteiger charge is -2.30. The summed E-state index contributed by atoms with van der Waals surface area (Å²) in [6, 6.07) is 0. The van der Waals surface area contributed by atoms with Crippen molar-refractivity contribution >= 4 is 11.3 Å². The van der Waals surface area contributed by atoms with Crippen molar-refractivity contribution in [3.8, 4) is 0 Å². The van der Waals surface area contributed by atoms with E-state index in [9.17, 15) is 0 Å². The third-order valence-electron chi connectivity index (χ3n) is 4.00. The van der Waals surface area contributed by atoms with E-state index in [2.05, 4.69) is 19.2 Å². The monoisotopic (exact) mass is 296 g/mol. The summed E-state index contributed by atoms with van der Waals surface area (Å²) in [5.41, 5.74) is -0.0983. The molecule has 3 nitrogen and oxygen atoms in total. The summed E-state index contributed by atoms with van der Waals surface area (Å²) in [4.78, 5) is 6.03. The van der Waals surface area contributed by atoms with Crippen LogP contribution >= 0.6 is 11.3 Å². The number of aromatic nitrogens is 1. The Morgan fingerprint density at radius 2 is 2.00 bits per heavy atom. The third kappa shape index (κ3) is 4.03. The van der Waals surface area contributed by atoms with Gasteiger partial charge in [0.25, 0.3) is 0 Å². The Hall–Kier alpha value is -0.450. The van der Waals surface area contributed by atoms with Crippen LogP contribution in [0.5, 0.6) is 0 Å². The molecule has 2 rings (SSSR count). The Balaban J connectivity index is 2.08. The zero-order chi connectivity index (χ0) is 14.3. The zero-order valence-electron chi connectivity index (χ0n) is 12.9. The van der Waals surface area contributed by atoms with Crippen LogP contribution in [0.3, 0.4) is 0 Å². The molecule has 1 heterocycles. The van der Waals surface area contributed by atoms with Crippen molar-refractivity contribution < 1.29 is 4.74 Å². The van der Waals surface area contributed by atoms with Gasteiger partial charge in [0.15, 0.2) is 0 Å². The Bertz CT molecular complexity index is 384. The lowest BCUT2D eigenvalue weighted by atomic mass is 9.95. The molecule has 114 valence electrons. The number of nitrogens with zero attached hydrogens (tertiary/aromatic N) is 1. The first-order valence-corrected chi connectivity index (χ1v) is 8.92. The maximum atomic E-state index is 6.20. The fourth-order valence-electron chi connectivity index (χ4n) is 2.98. The van der Waals surface area contributed by atoms with Gasteiger partial charge in [0.1, 0.15) is 10.6 Å². The van der Waals surface area contributed by atoms with Crippen LogP contribution in [0.1, 0.15) is 68.7 Å². The van der Waals surface area contributed by atoms with Crippen molar-refractivity contribution in [2.45, 2.75) is 70.9 Å². The van der Waals surface area contributed by atoms with E-state index in [1.54, 1.807) is 0 Å². The van der Waals surface area contributed by atoms with Gasteiger partial charge in [-0.3, -0.25) is 0 Å². The molecule has 0 atom stereocenters. The number of hydrogen-bond donors (Lipinski definition) is 1. The predicted octanol–water partition coefficient (Wildman–Crippen LogP) is 4.23. The Morgan fingerprint density at radius 3 is 2.65 bits per heavy atom. The first kappa shape index (κ1) is 15.9. The summed E-state index contributed by atoms with van der Waals surface area (Å²) in [6.45, 7) is 7.09. The molecule has 1 aliphatic rings. The summed E-state index contributed by atoms with van der Waals surface area (Å²) in [5.74, 6) is 0. The highest BCUT2D eigenvalue weighted by Gasteiger charge is 2.36. The molecule has 0 radical (unpaired) electrons. The van der Waals surface area contributed by atoms with E-state index in [1.807, 2.05) is 17.5 Å². The van der Waals surface area contributed by atoms with Crippen LogP contribution in [0.15, 0.2) is 6.20 Å². The molecule has 0 unspecified atom stereocenters. The van der Waals surface area contributed by atoms with Gasteiger partial charge in [0, 0.05) is 24.2 Å². The smallest absolute Gasteiger partial charge is 0.125 e. The highest BCUT2D eigenvalue weighted by Crippen LogP contribution is 2.41. The highest BCUT2D eigenvalue weighted by atomic mass is 32.1. The molecule has 0 amide bonds. The molecule has 0 saturated heterocycles. The summed E-state index contributed by atoms with van der Waals surface area (Å²) >= 11 is 1.84. The van der Waals surface area contributed by atoms with Crippen molar-refractivity contribution in [1.29, 1.82) is 0 Å². The summed E-state index contributed by atoms with van der Waals surface area (Å²) in [7, 11) is 0. The normalized spacial score (nSPS) is 18.9. The van der Waals surface area contributed by atoms with Crippen molar-refractivity contribution in [2.24, 2.45) is 0 Å². The quantitative estimate of drug-likeness (QED) is 0.604. The van der Waals surface area contributed by atoms with E-state index >= 15 is 0 Å². The van der Waals surface area contributed by atoms with Crippen molar-refractivity contribution in [2.75, 3.05) is 13.2 Å². The van der Waals surface area contributed by atoms with E-state index in [0.717, 1.165) is 32.5 Å². The predicted molar refractivity (Wildman–Crippen MR) is 85.1 cm³/mol. The van der Waals surface area contributed by atoms with Gasteiger partial charge in [-0.05, 0) is 32.7 Å². The summed E-state index contributed by atoms with van der Waals surface area (Å²) < 4.78 is 6.20. The lowest BCUT2D eigenvalue weighted by Crippen LogP contribution is -2.29. The van der Waals surface area contributed by atoms with Gasteiger partial charge < -0.3 is 10.1 Å². The molecular formula is C16H28N2OS. The molecule has 0 aromatic carbocycles. The maximum absolute atomic E-state index is 6.20. The zero-order valence-corrected chi connectivity index (χ0v) is 13.7. The van der Waals surface area contributed by atoms with Crippen LogP contribution in [-0.2, 0) is 16.9 Å². The molecular weight excluding hydrogens is 268 g/mol. The Labute approximate surface area is 127 Å². The van der Waals surface area contributed by atoms with E-state index < -0.39 is 0 Å². The van der Waals surface area contributed by atoms with Crippen molar-refractivity contribution in [3.63, 3.8) is 0 Å². The van der Waals surface area contributed by atoms with Crippen LogP contribution in [-0.4, -0.2) is 18.1 Å². The van der Waals surface area contributed by atoms with Crippen LogP contribution in [0.2, 0.25) is 0 Å². The van der Waals surface area contributed by atoms with Crippen molar-refractivity contribution in [1.82, 2.24) is 10.3 Å². The topological polar surface area (TPSA) is 34.2 Å². The summed E-state index contributed by atoms with van der Waals surface area (Å²) in [5, 5.41) is 4.66. The lowest BCUT2D eigenvalue weighted by molar-refractivity contribution is -0.0559. The minimum absolute atomic E-state index is 0.0983. The van der Waals surface area contributed by atoms with Crippen LogP contribution in [0.4, 0.5) is 0 Å². The third-order valence-corrected chi connectivity index (χ3v) is 5.18. The van der Waals surface area contributed by atoms with Gasteiger partial charge in [-0.1, -0.05) is 32.6 Å². The first-order valence-electron chi connectivity index (χ1n) is 8.10. The van der Waals surface area contributed by atoms with E-state index in [4.69, 9.17) is 9.72 Å². The highest BCUT2D eigenvalue weighted by molar-refractivity contribution is 7.11. The molecule has 4 heteroatoms. The molecule has 1 aromatic heterocycles. The SMILES string of the molecule is CCCNCc1cnc(C2(OCC)CCCCCC2)s1. The number of nitrogens with one attached hydrogen (secondary N) is 1. The van der Waals surface area contributed by atoms with Gasteiger partial charge in [-0.2, -0.15) is 0 Å². The minimum atomic E-state index is -0.0983. The molecule has 1 aromatic rings. The number of thiazole rings is 1. The maximum Gasteiger partial charge on any atom is 0.125 e. The van der Waals surface area contributed by atoms with Gasteiger partial charge in [0.2, 0.25) is 0 Å². The van der Waals surface area contributed by atoms with Crippen LogP contribution in [0, 0.1) is 0 Å². The van der Waals surface area contributed by atoms with Crippen LogP contribution < -0.4 is 5.32 Å². The van der Waals surface area contributed by atoms with Gasteiger partial charge in [-0.25, -0.2) is 4.98 Å². The Kier molecular flexibility index (Phi) is 6.46. The second-order valence-corrected chi connectivity index (χ2v) is 6.77. The second-order valence-electron chi connectivity index (χ2n) is 5.65. The summed E-state index contributed by atoms with van der Waals surface area (Å²) in [6.07, 6.45) is 10.7. The fraction of sp³-hybridized carbons (Fsp3) is 0.812. The average Bonchev–Trinajstić information content (AvgIpc) is 2.80. The molecule has 0 bridgehead atoms. The van der Waals surface area contributed by atoms with E-state index in [1.165, 1.54) is 42.0 Å². The molecule has 1 fully saturated rings. The van der Waals surface area contributed by atoms with Gasteiger partial charge in [0.05, 0.1) is 0 Å². The number of rotatable bonds is 7. The molecule has 0 spiro atoms. The van der Waals surface area contributed by atoms with Crippen molar-refractivity contribution in [3.05, 3.63) is 16.1 Å².